The summed E-state index contributed by atoms with van der Waals surface area (Å²) in [7, 11) is 1.30. The average Bonchev–Trinajstić information content (AvgIpc) is 2.78. The van der Waals surface area contributed by atoms with E-state index in [2.05, 4.69) is 10.1 Å². The van der Waals surface area contributed by atoms with Gasteiger partial charge in [0.15, 0.2) is 0 Å². The Morgan fingerprint density at radius 2 is 1.38 bits per heavy atom. The van der Waals surface area contributed by atoms with Gasteiger partial charge in [0, 0.05) is 11.3 Å². The van der Waals surface area contributed by atoms with Crippen molar-refractivity contribution < 1.29 is 23.8 Å². The molecule has 0 fully saturated rings. The van der Waals surface area contributed by atoms with Crippen LogP contribution >= 0.6 is 0 Å². The molecule has 0 spiro atoms. The van der Waals surface area contributed by atoms with E-state index in [0.29, 0.717) is 35.8 Å². The number of amides is 1. The van der Waals surface area contributed by atoms with E-state index in [0.717, 1.165) is 5.75 Å². The van der Waals surface area contributed by atoms with Crippen LogP contribution in [0, 0.1) is 0 Å². The minimum absolute atomic E-state index is 0.319. The van der Waals surface area contributed by atoms with Crippen LogP contribution in [0.5, 0.6) is 11.5 Å². The quantitative estimate of drug-likeness (QED) is 0.461. The van der Waals surface area contributed by atoms with Gasteiger partial charge in [-0.3, -0.25) is 4.79 Å². The first-order valence-electron chi connectivity index (χ1n) is 9.06. The van der Waals surface area contributed by atoms with E-state index in [-0.39, 0.29) is 5.91 Å². The highest BCUT2D eigenvalue weighted by molar-refractivity contribution is 6.05. The maximum atomic E-state index is 12.4. The number of ether oxygens (including phenoxy) is 3. The molecule has 0 atom stereocenters. The first-order chi connectivity index (χ1) is 14.2. The van der Waals surface area contributed by atoms with Gasteiger partial charge in [-0.05, 0) is 54.6 Å². The Balaban J connectivity index is 1.50. The number of methoxy groups -OCH3 is 1. The summed E-state index contributed by atoms with van der Waals surface area (Å²) in [6.07, 6.45) is 0. The Morgan fingerprint density at radius 1 is 0.759 bits per heavy atom. The molecule has 3 aromatic carbocycles. The molecule has 3 aromatic rings. The number of hydrogen-bond acceptors (Lipinski definition) is 5. The predicted octanol–water partition coefficient (Wildman–Crippen LogP) is 4.18. The lowest BCUT2D eigenvalue weighted by molar-refractivity contribution is 0.0600. The van der Waals surface area contributed by atoms with Gasteiger partial charge in [-0.1, -0.05) is 24.3 Å². The first kappa shape index (κ1) is 19.9. The first-order valence-corrected chi connectivity index (χ1v) is 9.06. The summed E-state index contributed by atoms with van der Waals surface area (Å²) in [4.78, 5) is 24.0. The summed E-state index contributed by atoms with van der Waals surface area (Å²) < 4.78 is 15.9. The highest BCUT2D eigenvalue weighted by Crippen LogP contribution is 2.17. The summed E-state index contributed by atoms with van der Waals surface area (Å²) in [5.41, 5.74) is 1.30. The van der Waals surface area contributed by atoms with E-state index in [1.807, 2.05) is 30.3 Å². The van der Waals surface area contributed by atoms with Gasteiger partial charge in [-0.15, -0.1) is 0 Å². The normalized spacial score (nSPS) is 10.1. The fraction of sp³-hybridized carbons (Fsp3) is 0.130. The summed E-state index contributed by atoms with van der Waals surface area (Å²) in [5.74, 6) is 0.663. The van der Waals surface area contributed by atoms with Crippen molar-refractivity contribution in [3.63, 3.8) is 0 Å². The molecule has 29 heavy (non-hydrogen) atoms. The molecule has 0 heterocycles. The summed E-state index contributed by atoms with van der Waals surface area (Å²) >= 11 is 0. The second kappa shape index (κ2) is 9.94. The molecule has 0 saturated carbocycles. The lowest BCUT2D eigenvalue weighted by Gasteiger charge is -2.10. The number of anilines is 1. The standard InChI is InChI=1S/C23H21NO5/c1-27-23(26)18-7-5-6-17(16-18)22(25)24-19-10-12-21(13-11-19)29-15-14-28-20-8-3-2-4-9-20/h2-13,16H,14-15H2,1H3,(H,24,25). The largest absolute Gasteiger partial charge is 0.490 e. The van der Waals surface area contributed by atoms with Crippen molar-refractivity contribution >= 4 is 17.6 Å². The van der Waals surface area contributed by atoms with Crippen LogP contribution in [0.4, 0.5) is 5.69 Å². The minimum atomic E-state index is -0.489. The lowest BCUT2D eigenvalue weighted by Crippen LogP contribution is -2.13. The van der Waals surface area contributed by atoms with Gasteiger partial charge in [0.05, 0.1) is 12.7 Å². The number of para-hydroxylation sites is 1. The van der Waals surface area contributed by atoms with Crippen LogP contribution in [-0.2, 0) is 4.74 Å². The molecule has 0 aliphatic carbocycles. The van der Waals surface area contributed by atoms with Crippen molar-refractivity contribution in [1.82, 2.24) is 0 Å². The van der Waals surface area contributed by atoms with Crippen LogP contribution < -0.4 is 14.8 Å². The van der Waals surface area contributed by atoms with Gasteiger partial charge in [0.1, 0.15) is 24.7 Å². The number of rotatable bonds is 8. The Labute approximate surface area is 169 Å². The number of esters is 1. The highest BCUT2D eigenvalue weighted by Gasteiger charge is 2.11. The highest BCUT2D eigenvalue weighted by atomic mass is 16.5. The average molecular weight is 391 g/mol. The van der Waals surface area contributed by atoms with E-state index in [4.69, 9.17) is 9.47 Å². The zero-order valence-corrected chi connectivity index (χ0v) is 16.0. The predicted molar refractivity (Wildman–Crippen MR) is 110 cm³/mol. The van der Waals surface area contributed by atoms with Gasteiger partial charge in [-0.25, -0.2) is 4.79 Å². The zero-order valence-electron chi connectivity index (χ0n) is 16.0. The van der Waals surface area contributed by atoms with Crippen LogP contribution in [0.15, 0.2) is 78.9 Å². The molecular weight excluding hydrogens is 370 g/mol. The number of benzene rings is 3. The van der Waals surface area contributed by atoms with E-state index in [9.17, 15) is 9.59 Å². The maximum absolute atomic E-state index is 12.4. The fourth-order valence-corrected chi connectivity index (χ4v) is 2.58. The number of nitrogens with one attached hydrogen (secondary N) is 1. The van der Waals surface area contributed by atoms with Crippen molar-refractivity contribution in [2.45, 2.75) is 0 Å². The second-order valence-corrected chi connectivity index (χ2v) is 6.06. The molecule has 148 valence electrons. The van der Waals surface area contributed by atoms with Crippen molar-refractivity contribution in [1.29, 1.82) is 0 Å². The van der Waals surface area contributed by atoms with Crippen molar-refractivity contribution in [2.24, 2.45) is 0 Å². The summed E-state index contributed by atoms with van der Waals surface area (Å²) in [6, 6.07) is 22.9. The van der Waals surface area contributed by atoms with Crippen LogP contribution in [0.25, 0.3) is 0 Å². The number of carbonyl (C=O) groups is 2. The van der Waals surface area contributed by atoms with Crippen LogP contribution in [0.1, 0.15) is 20.7 Å². The maximum Gasteiger partial charge on any atom is 0.337 e. The fourth-order valence-electron chi connectivity index (χ4n) is 2.58. The Morgan fingerprint density at radius 3 is 2.03 bits per heavy atom. The van der Waals surface area contributed by atoms with Crippen molar-refractivity contribution in [3.05, 3.63) is 90.0 Å². The minimum Gasteiger partial charge on any atom is -0.490 e. The van der Waals surface area contributed by atoms with E-state index >= 15 is 0 Å². The molecule has 1 amide bonds. The van der Waals surface area contributed by atoms with Gasteiger partial charge >= 0.3 is 5.97 Å². The third kappa shape index (κ3) is 5.84. The Bertz CT molecular complexity index is 955. The molecule has 3 rings (SSSR count). The van der Waals surface area contributed by atoms with Crippen LogP contribution in [0.2, 0.25) is 0 Å². The van der Waals surface area contributed by atoms with E-state index in [1.165, 1.54) is 13.2 Å². The third-order valence-corrected chi connectivity index (χ3v) is 4.02. The Kier molecular flexibility index (Phi) is 6.84. The van der Waals surface area contributed by atoms with Crippen molar-refractivity contribution in [3.8, 4) is 11.5 Å². The number of carbonyl (C=O) groups excluding carboxylic acids is 2. The van der Waals surface area contributed by atoms with Gasteiger partial charge in [-0.2, -0.15) is 0 Å². The van der Waals surface area contributed by atoms with E-state index in [1.54, 1.807) is 42.5 Å². The summed E-state index contributed by atoms with van der Waals surface area (Å²) in [6.45, 7) is 0.833. The molecule has 0 aliphatic rings. The van der Waals surface area contributed by atoms with Gasteiger partial charge in [0.2, 0.25) is 0 Å². The zero-order chi connectivity index (χ0) is 20.5. The molecule has 0 aromatic heterocycles. The molecule has 1 N–H and O–H groups in total. The smallest absolute Gasteiger partial charge is 0.337 e. The third-order valence-electron chi connectivity index (χ3n) is 4.02. The molecular formula is C23H21NO5. The Hall–Kier alpha value is -3.80. The molecule has 0 unspecified atom stereocenters. The monoisotopic (exact) mass is 391 g/mol. The molecule has 0 aliphatic heterocycles. The number of hydrogen-bond donors (Lipinski definition) is 1. The molecule has 6 heteroatoms. The molecule has 0 bridgehead atoms. The SMILES string of the molecule is COC(=O)c1cccc(C(=O)Nc2ccc(OCCOc3ccccc3)cc2)c1. The van der Waals surface area contributed by atoms with E-state index < -0.39 is 5.97 Å². The summed E-state index contributed by atoms with van der Waals surface area (Å²) in [5, 5.41) is 2.79. The van der Waals surface area contributed by atoms with Gasteiger partial charge < -0.3 is 19.5 Å². The van der Waals surface area contributed by atoms with Gasteiger partial charge in [0.25, 0.3) is 5.91 Å². The second-order valence-electron chi connectivity index (χ2n) is 6.06. The molecule has 0 saturated heterocycles. The topological polar surface area (TPSA) is 73.9 Å². The van der Waals surface area contributed by atoms with Crippen molar-refractivity contribution in [2.75, 3.05) is 25.6 Å². The van der Waals surface area contributed by atoms with Crippen LogP contribution in [0.3, 0.4) is 0 Å². The molecule has 6 nitrogen and oxygen atoms in total. The van der Waals surface area contributed by atoms with Crippen LogP contribution in [-0.4, -0.2) is 32.2 Å². The molecule has 0 radical (unpaired) electrons. The lowest BCUT2D eigenvalue weighted by atomic mass is 10.1.